The van der Waals surface area contributed by atoms with Gasteiger partial charge in [-0.05, 0) is 32.3 Å². The number of carbonyl (C=O) groups excluding carboxylic acids is 3. The SMILES string of the molecule is CNC(=O)Nc1c(C/C=C(\C)CCC(=O)OCCN2CCOCC2)c(OC)c(C)c2c1C(=O)OC2. The number of hydrogen-bond acceptors (Lipinski definition) is 8. The number of methoxy groups -OCH3 is 1. The number of carbonyl (C=O) groups is 3. The molecule has 0 spiro atoms. The highest BCUT2D eigenvalue weighted by Crippen LogP contribution is 2.41. The molecule has 0 bridgehead atoms. The number of urea groups is 1. The molecule has 0 aromatic heterocycles. The van der Waals surface area contributed by atoms with Crippen molar-refractivity contribution in [3.8, 4) is 5.75 Å². The number of amides is 2. The number of allylic oxidation sites excluding steroid dienone is 2. The first-order valence-electron chi connectivity index (χ1n) is 11.8. The molecule has 2 aliphatic heterocycles. The van der Waals surface area contributed by atoms with Gasteiger partial charge in [0.1, 0.15) is 19.0 Å². The Morgan fingerprint density at radius 2 is 1.94 bits per heavy atom. The Balaban J connectivity index is 1.66. The number of fused-ring (bicyclic) bond motifs is 1. The van der Waals surface area contributed by atoms with E-state index in [1.54, 1.807) is 7.11 Å². The second-order valence-corrected chi connectivity index (χ2v) is 8.57. The average molecular weight is 490 g/mol. The largest absolute Gasteiger partial charge is 0.496 e. The van der Waals surface area contributed by atoms with E-state index < -0.39 is 12.0 Å². The van der Waals surface area contributed by atoms with Crippen LogP contribution in [0.5, 0.6) is 5.75 Å². The summed E-state index contributed by atoms with van der Waals surface area (Å²) in [6, 6.07) is -0.445. The molecule has 0 atom stereocenters. The van der Waals surface area contributed by atoms with Crippen molar-refractivity contribution < 1.29 is 33.3 Å². The van der Waals surface area contributed by atoms with Crippen molar-refractivity contribution in [1.82, 2.24) is 10.2 Å². The molecule has 10 nitrogen and oxygen atoms in total. The lowest BCUT2D eigenvalue weighted by Crippen LogP contribution is -2.38. The zero-order valence-corrected chi connectivity index (χ0v) is 21.0. The van der Waals surface area contributed by atoms with E-state index in [9.17, 15) is 14.4 Å². The topological polar surface area (TPSA) is 115 Å². The molecule has 1 saturated heterocycles. The minimum absolute atomic E-state index is 0.140. The van der Waals surface area contributed by atoms with Crippen molar-refractivity contribution in [2.45, 2.75) is 39.7 Å². The molecular weight excluding hydrogens is 454 g/mol. The van der Waals surface area contributed by atoms with E-state index in [2.05, 4.69) is 15.5 Å². The summed E-state index contributed by atoms with van der Waals surface area (Å²) >= 11 is 0. The maximum absolute atomic E-state index is 12.5. The van der Waals surface area contributed by atoms with Gasteiger partial charge in [-0.3, -0.25) is 9.69 Å². The standard InChI is InChI=1S/C25H35N3O7/c1-16(6-8-20(29)34-14-11-28-9-12-33-13-10-28)5-7-18-22(27-25(31)26-3)21-19(15-35-24(21)30)17(2)23(18)32-4/h5H,6-15H2,1-4H3,(H2,26,27,31)/b16-5+. The number of esters is 2. The third kappa shape index (κ3) is 6.73. The summed E-state index contributed by atoms with van der Waals surface area (Å²) in [5.74, 6) is -0.111. The highest BCUT2D eigenvalue weighted by molar-refractivity contribution is 6.05. The van der Waals surface area contributed by atoms with Crippen molar-refractivity contribution in [2.75, 3.05) is 58.9 Å². The van der Waals surface area contributed by atoms with Crippen molar-refractivity contribution in [3.05, 3.63) is 33.9 Å². The number of nitrogens with zero attached hydrogens (tertiary/aromatic N) is 1. The van der Waals surface area contributed by atoms with Crippen LogP contribution in [0.2, 0.25) is 0 Å². The number of hydrogen-bond donors (Lipinski definition) is 2. The molecule has 35 heavy (non-hydrogen) atoms. The third-order valence-corrected chi connectivity index (χ3v) is 6.29. The number of benzene rings is 1. The fourth-order valence-corrected chi connectivity index (χ4v) is 4.23. The Hall–Kier alpha value is -3.11. The van der Waals surface area contributed by atoms with Crippen LogP contribution >= 0.6 is 0 Å². The van der Waals surface area contributed by atoms with E-state index in [0.717, 1.165) is 24.2 Å². The van der Waals surface area contributed by atoms with Crippen LogP contribution in [0.15, 0.2) is 11.6 Å². The number of nitrogens with one attached hydrogen (secondary N) is 2. The minimum atomic E-state index is -0.473. The Kier molecular flexibility index (Phi) is 9.50. The Bertz CT molecular complexity index is 984. The fraction of sp³-hybridized carbons (Fsp3) is 0.560. The Morgan fingerprint density at radius 1 is 1.20 bits per heavy atom. The fourth-order valence-electron chi connectivity index (χ4n) is 4.23. The third-order valence-electron chi connectivity index (χ3n) is 6.29. The number of cyclic esters (lactones) is 1. The molecule has 3 rings (SSSR count). The van der Waals surface area contributed by atoms with Crippen molar-refractivity contribution in [2.24, 2.45) is 0 Å². The van der Waals surface area contributed by atoms with E-state index in [1.165, 1.54) is 7.05 Å². The molecule has 2 N–H and O–H groups in total. The first-order valence-corrected chi connectivity index (χ1v) is 11.8. The van der Waals surface area contributed by atoms with Gasteiger partial charge in [0.25, 0.3) is 0 Å². The van der Waals surface area contributed by atoms with Crippen LogP contribution in [0.1, 0.15) is 46.8 Å². The zero-order valence-electron chi connectivity index (χ0n) is 21.0. The van der Waals surface area contributed by atoms with Gasteiger partial charge in [-0.2, -0.15) is 0 Å². The smallest absolute Gasteiger partial charge is 0.341 e. The van der Waals surface area contributed by atoms with Crippen LogP contribution < -0.4 is 15.4 Å². The van der Waals surface area contributed by atoms with E-state index in [0.29, 0.717) is 67.3 Å². The molecule has 0 radical (unpaired) electrons. The average Bonchev–Trinajstić information content (AvgIpc) is 3.25. The first kappa shape index (κ1) is 26.5. The van der Waals surface area contributed by atoms with Gasteiger partial charge in [0.05, 0.1) is 31.6 Å². The number of rotatable bonds is 10. The van der Waals surface area contributed by atoms with Gasteiger partial charge in [0.15, 0.2) is 0 Å². The highest BCUT2D eigenvalue weighted by Gasteiger charge is 2.32. The molecule has 192 valence electrons. The molecule has 10 heteroatoms. The van der Waals surface area contributed by atoms with Crippen LogP contribution in [0.3, 0.4) is 0 Å². The zero-order chi connectivity index (χ0) is 25.4. The molecule has 1 fully saturated rings. The summed E-state index contributed by atoms with van der Waals surface area (Å²) in [5, 5.41) is 5.29. The van der Waals surface area contributed by atoms with E-state index in [1.807, 2.05) is 19.9 Å². The lowest BCUT2D eigenvalue weighted by atomic mass is 9.93. The summed E-state index contributed by atoms with van der Waals surface area (Å²) < 4.78 is 21.6. The van der Waals surface area contributed by atoms with E-state index in [4.69, 9.17) is 18.9 Å². The van der Waals surface area contributed by atoms with Gasteiger partial charge in [0, 0.05) is 44.2 Å². The van der Waals surface area contributed by atoms with Gasteiger partial charge in [-0.25, -0.2) is 9.59 Å². The first-order chi connectivity index (χ1) is 16.8. The van der Waals surface area contributed by atoms with Gasteiger partial charge >= 0.3 is 18.0 Å². The molecule has 1 aromatic rings. The second-order valence-electron chi connectivity index (χ2n) is 8.57. The van der Waals surface area contributed by atoms with Crippen molar-refractivity contribution in [1.29, 1.82) is 0 Å². The molecule has 0 unspecified atom stereocenters. The second kappa shape index (κ2) is 12.6. The number of anilines is 1. The molecule has 2 aliphatic rings. The van der Waals surface area contributed by atoms with Crippen LogP contribution in [-0.2, 0) is 32.0 Å². The van der Waals surface area contributed by atoms with Gasteiger partial charge in [-0.1, -0.05) is 11.6 Å². The van der Waals surface area contributed by atoms with Gasteiger partial charge < -0.3 is 29.6 Å². The quantitative estimate of drug-likeness (QED) is 0.381. The van der Waals surface area contributed by atoms with Crippen LogP contribution in [0, 0.1) is 6.92 Å². The van der Waals surface area contributed by atoms with E-state index >= 15 is 0 Å². The summed E-state index contributed by atoms with van der Waals surface area (Å²) in [7, 11) is 3.06. The predicted molar refractivity (Wildman–Crippen MR) is 130 cm³/mol. The molecule has 0 aliphatic carbocycles. The number of ether oxygens (including phenoxy) is 4. The summed E-state index contributed by atoms with van der Waals surface area (Å²) in [6.07, 6.45) is 3.20. The monoisotopic (exact) mass is 489 g/mol. The summed E-state index contributed by atoms with van der Waals surface area (Å²) in [5.41, 5.74) is 3.93. The highest BCUT2D eigenvalue weighted by atomic mass is 16.5. The Morgan fingerprint density at radius 3 is 2.63 bits per heavy atom. The normalized spacial score (nSPS) is 15.9. The van der Waals surface area contributed by atoms with Crippen LogP contribution in [0.4, 0.5) is 10.5 Å². The maximum Gasteiger partial charge on any atom is 0.341 e. The predicted octanol–water partition coefficient (Wildman–Crippen LogP) is 2.57. The lowest BCUT2D eigenvalue weighted by Gasteiger charge is -2.26. The van der Waals surface area contributed by atoms with Crippen LogP contribution in [0.25, 0.3) is 0 Å². The molecule has 0 saturated carbocycles. The molecule has 2 amide bonds. The van der Waals surface area contributed by atoms with Crippen molar-refractivity contribution in [3.63, 3.8) is 0 Å². The van der Waals surface area contributed by atoms with Crippen molar-refractivity contribution >= 4 is 23.7 Å². The molecular formula is C25H35N3O7. The van der Waals surface area contributed by atoms with Gasteiger partial charge in [-0.15, -0.1) is 0 Å². The summed E-state index contributed by atoms with van der Waals surface area (Å²) in [4.78, 5) is 39.0. The molecule has 1 aromatic carbocycles. The lowest BCUT2D eigenvalue weighted by molar-refractivity contribution is -0.144. The van der Waals surface area contributed by atoms with Gasteiger partial charge in [0.2, 0.25) is 0 Å². The number of morpholine rings is 1. The minimum Gasteiger partial charge on any atom is -0.496 e. The summed E-state index contributed by atoms with van der Waals surface area (Å²) in [6.45, 7) is 8.19. The molecule has 2 heterocycles. The van der Waals surface area contributed by atoms with E-state index in [-0.39, 0.29) is 19.0 Å². The maximum atomic E-state index is 12.5. The van der Waals surface area contributed by atoms with Crippen LogP contribution in [-0.4, -0.2) is 76.5 Å². The Labute approximate surface area is 205 Å².